The van der Waals surface area contributed by atoms with Gasteiger partial charge in [-0.25, -0.2) is 0 Å². The van der Waals surface area contributed by atoms with Crippen molar-refractivity contribution in [2.75, 3.05) is 19.6 Å². The Labute approximate surface area is 160 Å². The van der Waals surface area contributed by atoms with E-state index >= 15 is 0 Å². The topological polar surface area (TPSA) is 78.5 Å². The molecule has 1 unspecified atom stereocenters. The van der Waals surface area contributed by atoms with Gasteiger partial charge in [-0.15, -0.1) is 0 Å². The molecule has 0 aromatic heterocycles. The number of piperidine rings is 2. The van der Waals surface area contributed by atoms with Gasteiger partial charge in [0.05, 0.1) is 0 Å². The highest BCUT2D eigenvalue weighted by Gasteiger charge is 2.38. The Morgan fingerprint density at radius 3 is 2.67 bits per heavy atom. The van der Waals surface area contributed by atoms with Crippen molar-refractivity contribution in [1.29, 1.82) is 0 Å². The van der Waals surface area contributed by atoms with Crippen molar-refractivity contribution in [1.82, 2.24) is 15.5 Å². The largest absolute Gasteiger partial charge is 0.323 e. The van der Waals surface area contributed by atoms with Gasteiger partial charge in [0, 0.05) is 18.5 Å². The van der Waals surface area contributed by atoms with Crippen molar-refractivity contribution in [3.63, 3.8) is 0 Å². The Balaban J connectivity index is 1.54. The van der Waals surface area contributed by atoms with Crippen LogP contribution in [0.5, 0.6) is 0 Å². The first kappa shape index (κ1) is 19.5. The molecule has 6 heteroatoms. The number of hydrogen-bond acceptors (Lipinski definition) is 4. The zero-order valence-corrected chi connectivity index (χ0v) is 16.1. The molecule has 1 atom stereocenters. The summed E-state index contributed by atoms with van der Waals surface area (Å²) in [5, 5.41) is 5.71. The SMILES string of the molecule is C=C(/C=C\C1=C(C)CN(C2CCC(=O)NC2=O)C1=O)CCC1CCNCC1. The minimum Gasteiger partial charge on any atom is -0.323 e. The maximum absolute atomic E-state index is 12.8. The number of carbonyl (C=O) groups excluding carboxylic acids is 3. The fourth-order valence-corrected chi connectivity index (χ4v) is 4.04. The zero-order valence-electron chi connectivity index (χ0n) is 16.1. The molecule has 2 saturated heterocycles. The van der Waals surface area contributed by atoms with Gasteiger partial charge in [-0.05, 0) is 69.7 Å². The number of nitrogens with zero attached hydrogens (tertiary/aromatic N) is 1. The molecular formula is C21H29N3O3. The molecule has 3 rings (SSSR count). The Bertz CT molecular complexity index is 701. The Morgan fingerprint density at radius 2 is 1.96 bits per heavy atom. The molecule has 0 spiro atoms. The van der Waals surface area contributed by atoms with Gasteiger partial charge in [-0.3, -0.25) is 19.7 Å². The standard InChI is InChI=1S/C21H29N3O3/c1-14(3-5-16-9-11-22-12-10-16)4-6-17-15(2)13-24(21(17)27)18-7-8-19(25)23-20(18)26/h4,6,16,18,22H,1,3,5,7-13H2,2H3,(H,23,25,26)/b6-4-. The lowest BCUT2D eigenvalue weighted by molar-refractivity contribution is -0.142. The molecule has 3 aliphatic heterocycles. The van der Waals surface area contributed by atoms with Crippen LogP contribution in [-0.2, 0) is 14.4 Å². The van der Waals surface area contributed by atoms with E-state index < -0.39 is 6.04 Å². The summed E-state index contributed by atoms with van der Waals surface area (Å²) in [5.41, 5.74) is 2.62. The molecule has 3 amide bonds. The number of rotatable bonds is 6. The molecule has 0 radical (unpaired) electrons. The number of allylic oxidation sites excluding steroid dienone is 2. The predicted octanol–water partition coefficient (Wildman–Crippen LogP) is 1.84. The number of carbonyl (C=O) groups is 3. The summed E-state index contributed by atoms with van der Waals surface area (Å²) in [6.07, 6.45) is 8.97. The summed E-state index contributed by atoms with van der Waals surface area (Å²) in [6.45, 7) is 8.68. The average molecular weight is 371 g/mol. The number of nitrogens with one attached hydrogen (secondary N) is 2. The molecular weight excluding hydrogens is 342 g/mol. The number of amides is 3. The van der Waals surface area contributed by atoms with Gasteiger partial charge in [0.15, 0.2) is 0 Å². The molecule has 2 N–H and O–H groups in total. The van der Waals surface area contributed by atoms with Crippen LogP contribution in [0.3, 0.4) is 0 Å². The minimum absolute atomic E-state index is 0.135. The Hall–Kier alpha value is -2.21. The van der Waals surface area contributed by atoms with E-state index in [0.29, 0.717) is 18.5 Å². The van der Waals surface area contributed by atoms with Crippen molar-refractivity contribution in [3.05, 3.63) is 35.5 Å². The van der Waals surface area contributed by atoms with E-state index in [2.05, 4.69) is 17.2 Å². The first-order valence-electron chi connectivity index (χ1n) is 9.86. The third-order valence-corrected chi connectivity index (χ3v) is 5.76. The van der Waals surface area contributed by atoms with E-state index in [4.69, 9.17) is 0 Å². The van der Waals surface area contributed by atoms with Gasteiger partial charge in [0.1, 0.15) is 6.04 Å². The second-order valence-corrected chi connectivity index (χ2v) is 7.82. The van der Waals surface area contributed by atoms with E-state index in [1.807, 2.05) is 19.1 Å². The summed E-state index contributed by atoms with van der Waals surface area (Å²) in [6, 6.07) is -0.556. The first-order valence-corrected chi connectivity index (χ1v) is 9.86. The van der Waals surface area contributed by atoms with Gasteiger partial charge in [0.25, 0.3) is 5.91 Å². The van der Waals surface area contributed by atoms with E-state index in [1.165, 1.54) is 12.8 Å². The number of hydrogen-bond donors (Lipinski definition) is 2. The van der Waals surface area contributed by atoms with Gasteiger partial charge < -0.3 is 10.2 Å². The maximum Gasteiger partial charge on any atom is 0.254 e. The van der Waals surface area contributed by atoms with Crippen molar-refractivity contribution < 1.29 is 14.4 Å². The van der Waals surface area contributed by atoms with Crippen LogP contribution in [0, 0.1) is 5.92 Å². The summed E-state index contributed by atoms with van der Waals surface area (Å²) in [7, 11) is 0. The fourth-order valence-electron chi connectivity index (χ4n) is 4.04. The summed E-state index contributed by atoms with van der Waals surface area (Å²) in [5.74, 6) is -0.0142. The maximum atomic E-state index is 12.8. The highest BCUT2D eigenvalue weighted by Crippen LogP contribution is 2.26. The minimum atomic E-state index is -0.556. The predicted molar refractivity (Wildman–Crippen MR) is 104 cm³/mol. The normalized spacial score (nSPS) is 24.9. The van der Waals surface area contributed by atoms with Crippen molar-refractivity contribution >= 4 is 17.7 Å². The summed E-state index contributed by atoms with van der Waals surface area (Å²) in [4.78, 5) is 37.8. The van der Waals surface area contributed by atoms with Gasteiger partial charge in [0.2, 0.25) is 11.8 Å². The van der Waals surface area contributed by atoms with Crippen LogP contribution in [0.1, 0.15) is 45.4 Å². The third-order valence-electron chi connectivity index (χ3n) is 5.76. The lowest BCUT2D eigenvalue weighted by Gasteiger charge is -2.29. The van der Waals surface area contributed by atoms with E-state index in [1.54, 1.807) is 4.90 Å². The fraction of sp³-hybridized carbons (Fsp3) is 0.571. The van der Waals surface area contributed by atoms with Gasteiger partial charge in [-0.2, -0.15) is 0 Å². The van der Waals surface area contributed by atoms with Crippen molar-refractivity contribution in [3.8, 4) is 0 Å². The molecule has 0 bridgehead atoms. The molecule has 0 aromatic carbocycles. The first-order chi connectivity index (χ1) is 13.0. The van der Waals surface area contributed by atoms with E-state index in [0.717, 1.165) is 43.0 Å². The quantitative estimate of drug-likeness (QED) is 0.552. The van der Waals surface area contributed by atoms with Crippen LogP contribution in [0.4, 0.5) is 0 Å². The lowest BCUT2D eigenvalue weighted by Crippen LogP contribution is -2.53. The Kier molecular flexibility index (Phi) is 6.26. The highest BCUT2D eigenvalue weighted by atomic mass is 16.2. The second kappa shape index (κ2) is 8.65. The molecule has 0 aromatic rings. The lowest BCUT2D eigenvalue weighted by atomic mass is 9.91. The zero-order chi connectivity index (χ0) is 19.4. The average Bonchev–Trinajstić information content (AvgIpc) is 2.93. The van der Waals surface area contributed by atoms with Crippen LogP contribution < -0.4 is 10.6 Å². The van der Waals surface area contributed by atoms with Crippen LogP contribution in [-0.4, -0.2) is 48.3 Å². The molecule has 3 aliphatic rings. The molecule has 3 heterocycles. The molecule has 2 fully saturated rings. The third kappa shape index (κ3) is 4.75. The van der Waals surface area contributed by atoms with Gasteiger partial charge in [-0.1, -0.05) is 18.2 Å². The molecule has 0 aliphatic carbocycles. The van der Waals surface area contributed by atoms with Crippen LogP contribution in [0.15, 0.2) is 35.5 Å². The van der Waals surface area contributed by atoms with Gasteiger partial charge >= 0.3 is 0 Å². The van der Waals surface area contributed by atoms with Crippen LogP contribution >= 0.6 is 0 Å². The Morgan fingerprint density at radius 1 is 1.22 bits per heavy atom. The molecule has 146 valence electrons. The molecule has 6 nitrogen and oxygen atoms in total. The highest BCUT2D eigenvalue weighted by molar-refractivity contribution is 6.05. The van der Waals surface area contributed by atoms with Crippen molar-refractivity contribution in [2.45, 2.75) is 51.5 Å². The second-order valence-electron chi connectivity index (χ2n) is 7.82. The smallest absolute Gasteiger partial charge is 0.254 e. The van der Waals surface area contributed by atoms with Crippen molar-refractivity contribution in [2.24, 2.45) is 5.92 Å². The van der Waals surface area contributed by atoms with E-state index in [9.17, 15) is 14.4 Å². The number of imide groups is 1. The van der Waals surface area contributed by atoms with Crippen LogP contribution in [0.2, 0.25) is 0 Å². The van der Waals surface area contributed by atoms with Crippen LogP contribution in [0.25, 0.3) is 0 Å². The monoisotopic (exact) mass is 371 g/mol. The summed E-state index contributed by atoms with van der Waals surface area (Å²) >= 11 is 0. The molecule has 27 heavy (non-hydrogen) atoms. The molecule has 0 saturated carbocycles. The van der Waals surface area contributed by atoms with E-state index in [-0.39, 0.29) is 24.1 Å². The summed E-state index contributed by atoms with van der Waals surface area (Å²) < 4.78 is 0.